The summed E-state index contributed by atoms with van der Waals surface area (Å²) >= 11 is 6.11. The summed E-state index contributed by atoms with van der Waals surface area (Å²) in [5.74, 6) is 0. The van der Waals surface area contributed by atoms with E-state index in [4.69, 9.17) is 11.6 Å². The summed E-state index contributed by atoms with van der Waals surface area (Å²) in [5.41, 5.74) is 1.20. The molecule has 0 amide bonds. The van der Waals surface area contributed by atoms with Crippen LogP contribution in [0.3, 0.4) is 0 Å². The van der Waals surface area contributed by atoms with Gasteiger partial charge in [0.25, 0.3) is 0 Å². The maximum absolute atomic E-state index is 6.11. The summed E-state index contributed by atoms with van der Waals surface area (Å²) in [6.45, 7) is 1.10. The van der Waals surface area contributed by atoms with Gasteiger partial charge in [-0.15, -0.1) is 0 Å². The van der Waals surface area contributed by atoms with Crippen LogP contribution in [0.4, 0.5) is 0 Å². The Labute approximate surface area is 89.7 Å². The van der Waals surface area contributed by atoms with Crippen LogP contribution in [-0.4, -0.2) is 11.5 Å². The van der Waals surface area contributed by atoms with Crippen molar-refractivity contribution in [2.45, 2.75) is 31.7 Å². The number of aromatic nitrogens is 1. The summed E-state index contributed by atoms with van der Waals surface area (Å²) < 4.78 is 0. The molecule has 3 heteroatoms. The van der Waals surface area contributed by atoms with E-state index in [2.05, 4.69) is 10.3 Å². The number of halogens is 1. The number of rotatable bonds is 1. The average Bonchev–Trinajstić information content (AvgIpc) is 2.47. The van der Waals surface area contributed by atoms with Crippen LogP contribution in [0.25, 0.3) is 0 Å². The zero-order valence-electron chi connectivity index (χ0n) is 8.17. The molecule has 1 atom stereocenters. The first-order chi connectivity index (χ1) is 6.88. The summed E-state index contributed by atoms with van der Waals surface area (Å²) in [6.07, 6.45) is 8.61. The highest BCUT2D eigenvalue weighted by molar-refractivity contribution is 6.31. The highest BCUT2D eigenvalue weighted by atomic mass is 35.5. The average molecular weight is 211 g/mol. The lowest BCUT2D eigenvalue weighted by Crippen LogP contribution is -2.20. The molecule has 1 aromatic rings. The van der Waals surface area contributed by atoms with Crippen molar-refractivity contribution < 1.29 is 0 Å². The smallest absolute Gasteiger partial charge is 0.0637 e. The van der Waals surface area contributed by atoms with Crippen LogP contribution in [-0.2, 0) is 0 Å². The van der Waals surface area contributed by atoms with Crippen LogP contribution in [0.1, 0.15) is 37.3 Å². The van der Waals surface area contributed by atoms with E-state index in [1.807, 2.05) is 12.3 Å². The molecule has 1 aliphatic rings. The zero-order chi connectivity index (χ0) is 9.80. The second-order valence-electron chi connectivity index (χ2n) is 3.75. The van der Waals surface area contributed by atoms with Gasteiger partial charge in [0.05, 0.1) is 5.02 Å². The second kappa shape index (κ2) is 4.76. The topological polar surface area (TPSA) is 24.9 Å². The first-order valence-electron chi connectivity index (χ1n) is 5.21. The quantitative estimate of drug-likeness (QED) is 0.771. The third-order valence-corrected chi connectivity index (χ3v) is 3.06. The van der Waals surface area contributed by atoms with Crippen molar-refractivity contribution in [3.8, 4) is 0 Å². The van der Waals surface area contributed by atoms with Crippen LogP contribution in [0, 0.1) is 0 Å². The summed E-state index contributed by atoms with van der Waals surface area (Å²) in [4.78, 5) is 4.00. The molecule has 1 saturated heterocycles. The maximum atomic E-state index is 6.11. The Morgan fingerprint density at radius 2 is 2.29 bits per heavy atom. The van der Waals surface area contributed by atoms with Crippen LogP contribution in [0.2, 0.25) is 5.02 Å². The minimum Gasteiger partial charge on any atom is -0.310 e. The lowest BCUT2D eigenvalue weighted by atomic mass is 10.0. The van der Waals surface area contributed by atoms with Gasteiger partial charge >= 0.3 is 0 Å². The Hall–Kier alpha value is -0.600. The van der Waals surface area contributed by atoms with Crippen molar-refractivity contribution >= 4 is 11.6 Å². The molecule has 0 bridgehead atoms. The van der Waals surface area contributed by atoms with Crippen LogP contribution >= 0.6 is 11.6 Å². The van der Waals surface area contributed by atoms with Crippen LogP contribution < -0.4 is 5.32 Å². The molecule has 1 aromatic heterocycles. The molecule has 0 aliphatic carbocycles. The molecule has 0 spiro atoms. The molecule has 76 valence electrons. The van der Waals surface area contributed by atoms with E-state index in [-0.39, 0.29) is 0 Å². The Morgan fingerprint density at radius 1 is 1.36 bits per heavy atom. The predicted molar refractivity (Wildman–Crippen MR) is 58.5 cm³/mol. The van der Waals surface area contributed by atoms with Gasteiger partial charge < -0.3 is 5.32 Å². The van der Waals surface area contributed by atoms with E-state index in [9.17, 15) is 0 Å². The third-order valence-electron chi connectivity index (χ3n) is 2.74. The fourth-order valence-corrected chi connectivity index (χ4v) is 2.21. The molecular weight excluding hydrogens is 196 g/mol. The molecule has 0 saturated carbocycles. The van der Waals surface area contributed by atoms with Gasteiger partial charge in [-0.25, -0.2) is 0 Å². The van der Waals surface area contributed by atoms with Crippen molar-refractivity contribution in [2.75, 3.05) is 6.54 Å². The van der Waals surface area contributed by atoms with Gasteiger partial charge in [0.1, 0.15) is 0 Å². The Bertz CT molecular complexity index is 293. The van der Waals surface area contributed by atoms with E-state index in [0.717, 1.165) is 11.6 Å². The highest BCUT2D eigenvalue weighted by Crippen LogP contribution is 2.27. The molecular formula is C11H15ClN2. The Morgan fingerprint density at radius 3 is 3.14 bits per heavy atom. The first-order valence-corrected chi connectivity index (χ1v) is 5.58. The monoisotopic (exact) mass is 210 g/mol. The van der Waals surface area contributed by atoms with Gasteiger partial charge in [0.2, 0.25) is 0 Å². The van der Waals surface area contributed by atoms with E-state index in [1.165, 1.54) is 31.2 Å². The number of nitrogens with zero attached hydrogens (tertiary/aromatic N) is 1. The molecule has 2 rings (SSSR count). The zero-order valence-corrected chi connectivity index (χ0v) is 8.93. The fourth-order valence-electron chi connectivity index (χ4n) is 1.96. The lowest BCUT2D eigenvalue weighted by molar-refractivity contribution is 0.534. The molecule has 1 unspecified atom stereocenters. The number of hydrogen-bond acceptors (Lipinski definition) is 2. The van der Waals surface area contributed by atoms with E-state index in [1.54, 1.807) is 6.20 Å². The normalized spacial score (nSPS) is 23.1. The molecule has 1 aliphatic heterocycles. The molecule has 1 N–H and O–H groups in total. The standard InChI is InChI=1S/C11H15ClN2/c12-10-8-13-7-5-9(10)11-4-2-1-3-6-14-11/h5,7-8,11,14H,1-4,6H2. The van der Waals surface area contributed by atoms with Gasteiger partial charge in [-0.2, -0.15) is 0 Å². The Kier molecular flexibility index (Phi) is 3.38. The van der Waals surface area contributed by atoms with Crippen molar-refractivity contribution in [3.63, 3.8) is 0 Å². The number of hydrogen-bond donors (Lipinski definition) is 1. The molecule has 0 radical (unpaired) electrons. The Balaban J connectivity index is 2.16. The van der Waals surface area contributed by atoms with Crippen molar-refractivity contribution in [2.24, 2.45) is 0 Å². The van der Waals surface area contributed by atoms with E-state index in [0.29, 0.717) is 6.04 Å². The minimum absolute atomic E-state index is 0.424. The number of pyridine rings is 1. The van der Waals surface area contributed by atoms with E-state index >= 15 is 0 Å². The largest absolute Gasteiger partial charge is 0.310 e. The minimum atomic E-state index is 0.424. The van der Waals surface area contributed by atoms with Crippen LogP contribution in [0.5, 0.6) is 0 Å². The third kappa shape index (κ3) is 2.25. The van der Waals surface area contributed by atoms with Gasteiger partial charge in [0.15, 0.2) is 0 Å². The number of nitrogens with one attached hydrogen (secondary N) is 1. The van der Waals surface area contributed by atoms with Crippen LogP contribution in [0.15, 0.2) is 18.5 Å². The van der Waals surface area contributed by atoms with E-state index < -0.39 is 0 Å². The van der Waals surface area contributed by atoms with Gasteiger partial charge in [-0.3, -0.25) is 4.98 Å². The molecule has 2 heterocycles. The SMILES string of the molecule is Clc1cnccc1C1CCCCCN1. The maximum Gasteiger partial charge on any atom is 0.0637 e. The molecule has 0 aromatic carbocycles. The summed E-state index contributed by atoms with van der Waals surface area (Å²) in [6, 6.07) is 2.44. The summed E-state index contributed by atoms with van der Waals surface area (Å²) in [7, 11) is 0. The fraction of sp³-hybridized carbons (Fsp3) is 0.545. The van der Waals surface area contributed by atoms with Crippen molar-refractivity contribution in [3.05, 3.63) is 29.0 Å². The van der Waals surface area contributed by atoms with Gasteiger partial charge in [-0.05, 0) is 31.0 Å². The lowest BCUT2D eigenvalue weighted by Gasteiger charge is -2.16. The van der Waals surface area contributed by atoms with Gasteiger partial charge in [0, 0.05) is 18.4 Å². The first kappa shape index (κ1) is 9.94. The molecule has 2 nitrogen and oxygen atoms in total. The predicted octanol–water partition coefficient (Wildman–Crippen LogP) is 2.94. The van der Waals surface area contributed by atoms with Crippen molar-refractivity contribution in [1.29, 1.82) is 0 Å². The highest BCUT2D eigenvalue weighted by Gasteiger charge is 2.15. The van der Waals surface area contributed by atoms with Crippen molar-refractivity contribution in [1.82, 2.24) is 10.3 Å². The second-order valence-corrected chi connectivity index (χ2v) is 4.16. The van der Waals surface area contributed by atoms with Gasteiger partial charge in [-0.1, -0.05) is 24.4 Å². The molecule has 1 fully saturated rings. The molecule has 14 heavy (non-hydrogen) atoms. The summed E-state index contributed by atoms with van der Waals surface area (Å²) in [5, 5.41) is 4.31.